The summed E-state index contributed by atoms with van der Waals surface area (Å²) in [7, 11) is -3.30. The first-order valence-electron chi connectivity index (χ1n) is 14.8. The lowest BCUT2D eigenvalue weighted by atomic mass is 10.0. The van der Waals surface area contributed by atoms with Crippen molar-refractivity contribution in [1.82, 2.24) is 9.88 Å². The van der Waals surface area contributed by atoms with Gasteiger partial charge < -0.3 is 10.1 Å². The largest absolute Gasteiger partial charge is 0.493 e. The molecule has 6 rings (SSSR count). The van der Waals surface area contributed by atoms with Crippen LogP contribution in [0.2, 0.25) is 0 Å². The smallest absolute Gasteiger partial charge is 0.230 e. The third-order valence-corrected chi connectivity index (χ3v) is 11.4. The molecule has 0 radical (unpaired) electrons. The summed E-state index contributed by atoms with van der Waals surface area (Å²) in [6.07, 6.45) is 6.61. The minimum absolute atomic E-state index is 0.146. The summed E-state index contributed by atoms with van der Waals surface area (Å²) in [5.74, 6) is 1.98. The van der Waals surface area contributed by atoms with Crippen molar-refractivity contribution >= 4 is 32.2 Å². The van der Waals surface area contributed by atoms with E-state index in [2.05, 4.69) is 42.3 Å². The Labute approximate surface area is 247 Å². The van der Waals surface area contributed by atoms with Crippen molar-refractivity contribution in [3.8, 4) is 5.75 Å². The highest BCUT2D eigenvalue weighted by Crippen LogP contribution is 2.43. The number of carbonyl (C=O) groups excluding carboxylic acids is 1. The molecular weight excluding hydrogens is 555 g/mol. The number of fused-ring (bicyclic) bond motifs is 2. The van der Waals surface area contributed by atoms with Crippen LogP contribution in [-0.4, -0.2) is 36.6 Å². The molecule has 3 aliphatic rings. The van der Waals surface area contributed by atoms with Crippen molar-refractivity contribution in [2.75, 3.05) is 17.7 Å². The maximum absolute atomic E-state index is 12.9. The molecule has 7 nitrogen and oxygen atoms in total. The first-order valence-corrected chi connectivity index (χ1v) is 17.3. The fourth-order valence-corrected chi connectivity index (χ4v) is 9.06. The predicted molar refractivity (Wildman–Crippen MR) is 162 cm³/mol. The van der Waals surface area contributed by atoms with Gasteiger partial charge in [-0.1, -0.05) is 63.8 Å². The molecule has 0 unspecified atom stereocenters. The number of thiazole rings is 1. The SMILES string of the molecule is CC(C)[C@H]1c2nc(NC(=O)Cc3ccc(S(=O)(=O)CCC4CCCC4)cc3)sc2CN1Cc1ccc2c(c1)CCO2. The Kier molecular flexibility index (Phi) is 8.21. The van der Waals surface area contributed by atoms with E-state index in [9.17, 15) is 13.2 Å². The maximum atomic E-state index is 12.9. The molecule has 1 fully saturated rings. The van der Waals surface area contributed by atoms with Gasteiger partial charge in [0.05, 0.1) is 35.4 Å². The topological polar surface area (TPSA) is 88.6 Å². The number of nitrogens with zero attached hydrogens (tertiary/aromatic N) is 2. The van der Waals surface area contributed by atoms with Crippen molar-refractivity contribution in [1.29, 1.82) is 0 Å². The highest BCUT2D eigenvalue weighted by Gasteiger charge is 2.36. The van der Waals surface area contributed by atoms with Gasteiger partial charge in [-0.15, -0.1) is 11.3 Å². The van der Waals surface area contributed by atoms with Crippen LogP contribution in [0.3, 0.4) is 0 Å². The second-order valence-corrected chi connectivity index (χ2v) is 15.3. The van der Waals surface area contributed by atoms with Crippen LogP contribution >= 0.6 is 11.3 Å². The summed E-state index contributed by atoms with van der Waals surface area (Å²) in [5.41, 5.74) is 4.43. The van der Waals surface area contributed by atoms with Crippen LogP contribution < -0.4 is 10.1 Å². The Hall–Kier alpha value is -2.75. The van der Waals surface area contributed by atoms with Crippen molar-refractivity contribution in [3.63, 3.8) is 0 Å². The fraction of sp³-hybridized carbons (Fsp3) is 0.500. The summed E-state index contributed by atoms with van der Waals surface area (Å²) in [6.45, 7) is 6.88. The standard InChI is InChI=1S/C32H39N3O4S2/c1-21(2)31-30-28(20-35(31)19-24-9-12-27-25(17-24)13-15-39-27)40-32(34-30)33-29(36)18-23-7-10-26(11-8-23)41(37,38)16-14-22-5-3-4-6-22/h7-12,17,21-22,31H,3-6,13-16,18-20H2,1-2H3,(H,33,34,36)/t31-/m0/s1. The fourth-order valence-electron chi connectivity index (χ4n) is 6.58. The number of rotatable bonds is 10. The molecule has 3 heterocycles. The molecule has 2 aliphatic heterocycles. The van der Waals surface area contributed by atoms with Gasteiger partial charge in [0.1, 0.15) is 5.75 Å². The Morgan fingerprint density at radius 2 is 1.88 bits per heavy atom. The van der Waals surface area contributed by atoms with E-state index in [0.717, 1.165) is 62.4 Å². The minimum Gasteiger partial charge on any atom is -0.493 e. The number of anilines is 1. The molecule has 1 aromatic heterocycles. The van der Waals surface area contributed by atoms with E-state index < -0.39 is 9.84 Å². The van der Waals surface area contributed by atoms with Crippen molar-refractivity contribution < 1.29 is 17.9 Å². The predicted octanol–water partition coefficient (Wildman–Crippen LogP) is 6.33. The number of carbonyl (C=O) groups is 1. The van der Waals surface area contributed by atoms with Gasteiger partial charge in [0, 0.05) is 24.4 Å². The summed E-state index contributed by atoms with van der Waals surface area (Å²) in [5, 5.41) is 3.62. The lowest BCUT2D eigenvalue weighted by molar-refractivity contribution is -0.115. The average molecular weight is 594 g/mol. The van der Waals surface area contributed by atoms with Crippen molar-refractivity contribution in [3.05, 3.63) is 69.7 Å². The highest BCUT2D eigenvalue weighted by atomic mass is 32.2. The molecule has 218 valence electrons. The van der Waals surface area contributed by atoms with Crippen LogP contribution in [0.25, 0.3) is 0 Å². The monoisotopic (exact) mass is 593 g/mol. The third-order valence-electron chi connectivity index (χ3n) is 8.68. The Morgan fingerprint density at radius 3 is 2.63 bits per heavy atom. The lowest BCUT2D eigenvalue weighted by Crippen LogP contribution is -2.26. The van der Waals surface area contributed by atoms with Gasteiger partial charge in [0.15, 0.2) is 15.0 Å². The second kappa shape index (κ2) is 11.9. The molecule has 0 saturated heterocycles. The number of nitrogens with one attached hydrogen (secondary N) is 1. The second-order valence-electron chi connectivity index (χ2n) is 12.1. The van der Waals surface area contributed by atoms with Gasteiger partial charge in [-0.05, 0) is 53.1 Å². The van der Waals surface area contributed by atoms with E-state index in [1.165, 1.54) is 28.8 Å². The lowest BCUT2D eigenvalue weighted by Gasteiger charge is -2.27. The van der Waals surface area contributed by atoms with E-state index in [1.807, 2.05) is 0 Å². The number of hydrogen-bond donors (Lipinski definition) is 1. The molecule has 1 amide bonds. The summed E-state index contributed by atoms with van der Waals surface area (Å²) in [6, 6.07) is 13.5. The van der Waals surface area contributed by atoms with Gasteiger partial charge >= 0.3 is 0 Å². The zero-order chi connectivity index (χ0) is 28.6. The van der Waals surface area contributed by atoms with Gasteiger partial charge in [-0.25, -0.2) is 13.4 Å². The molecule has 2 aromatic carbocycles. The number of sulfone groups is 1. The third kappa shape index (κ3) is 6.37. The van der Waals surface area contributed by atoms with E-state index in [-0.39, 0.29) is 24.1 Å². The van der Waals surface area contributed by atoms with Crippen LogP contribution in [0.1, 0.15) is 79.3 Å². The summed E-state index contributed by atoms with van der Waals surface area (Å²) >= 11 is 1.55. The number of benzene rings is 2. The van der Waals surface area contributed by atoms with Gasteiger partial charge in [0.2, 0.25) is 5.91 Å². The van der Waals surface area contributed by atoms with Crippen LogP contribution in [-0.2, 0) is 40.6 Å². The van der Waals surface area contributed by atoms with E-state index in [0.29, 0.717) is 21.9 Å². The molecule has 0 bridgehead atoms. The van der Waals surface area contributed by atoms with Crippen molar-refractivity contribution in [2.45, 2.75) is 82.8 Å². The number of hydrogen-bond acceptors (Lipinski definition) is 7. The van der Waals surface area contributed by atoms with Crippen LogP contribution in [0, 0.1) is 11.8 Å². The Bertz CT molecular complexity index is 1510. The average Bonchev–Trinajstić information content (AvgIpc) is 3.72. The van der Waals surface area contributed by atoms with E-state index in [1.54, 1.807) is 35.6 Å². The van der Waals surface area contributed by atoms with Crippen LogP contribution in [0.15, 0.2) is 47.4 Å². The van der Waals surface area contributed by atoms with Gasteiger partial charge in [-0.2, -0.15) is 0 Å². The highest BCUT2D eigenvalue weighted by molar-refractivity contribution is 7.91. The Morgan fingerprint density at radius 1 is 1.12 bits per heavy atom. The summed E-state index contributed by atoms with van der Waals surface area (Å²) in [4.78, 5) is 21.8. The van der Waals surface area contributed by atoms with E-state index >= 15 is 0 Å². The maximum Gasteiger partial charge on any atom is 0.230 e. The molecule has 1 saturated carbocycles. The van der Waals surface area contributed by atoms with Gasteiger partial charge in [-0.3, -0.25) is 9.69 Å². The quantitative estimate of drug-likeness (QED) is 0.296. The number of ether oxygens (including phenoxy) is 1. The zero-order valence-electron chi connectivity index (χ0n) is 23.9. The van der Waals surface area contributed by atoms with Crippen LogP contribution in [0.5, 0.6) is 5.75 Å². The number of aromatic nitrogens is 1. The molecule has 1 atom stereocenters. The first-order chi connectivity index (χ1) is 19.7. The first kappa shape index (κ1) is 28.4. The zero-order valence-corrected chi connectivity index (χ0v) is 25.5. The Balaban J connectivity index is 1.05. The van der Waals surface area contributed by atoms with E-state index in [4.69, 9.17) is 9.72 Å². The van der Waals surface area contributed by atoms with Crippen LogP contribution in [0.4, 0.5) is 5.13 Å². The molecule has 1 aliphatic carbocycles. The number of amides is 1. The van der Waals surface area contributed by atoms with Crippen molar-refractivity contribution in [2.24, 2.45) is 11.8 Å². The molecular formula is C32H39N3O4S2. The molecule has 1 N–H and O–H groups in total. The molecule has 41 heavy (non-hydrogen) atoms. The van der Waals surface area contributed by atoms with Gasteiger partial charge in [0.25, 0.3) is 0 Å². The normalized spacial score (nSPS) is 19.0. The summed E-state index contributed by atoms with van der Waals surface area (Å²) < 4.78 is 31.2. The minimum atomic E-state index is -3.30. The molecule has 0 spiro atoms. The molecule has 9 heteroatoms. The molecule has 3 aromatic rings.